The van der Waals surface area contributed by atoms with Gasteiger partial charge in [-0.25, -0.2) is 4.98 Å². The summed E-state index contributed by atoms with van der Waals surface area (Å²) in [7, 11) is 0. The molecule has 7 nitrogen and oxygen atoms in total. The molecule has 2 N–H and O–H groups in total. The molecule has 1 fully saturated rings. The number of carbonyl (C=O) groups is 1. The predicted octanol–water partition coefficient (Wildman–Crippen LogP) is 3.71. The van der Waals surface area contributed by atoms with Gasteiger partial charge in [-0.2, -0.15) is 0 Å². The number of anilines is 1. The van der Waals surface area contributed by atoms with Gasteiger partial charge in [0.25, 0.3) is 5.56 Å². The zero-order chi connectivity index (χ0) is 22.0. The lowest BCUT2D eigenvalue weighted by atomic mass is 9.96. The lowest BCUT2D eigenvalue weighted by Gasteiger charge is -2.34. The van der Waals surface area contributed by atoms with Gasteiger partial charge in [-0.3, -0.25) is 18.6 Å². The second-order valence-electron chi connectivity index (χ2n) is 8.17. The molecule has 4 rings (SSSR count). The molecular formula is C23H28ClN5O2. The molecule has 31 heavy (non-hydrogen) atoms. The van der Waals surface area contributed by atoms with Crippen molar-refractivity contribution in [3.8, 4) is 11.3 Å². The molecule has 1 amide bonds. The van der Waals surface area contributed by atoms with Crippen LogP contribution < -0.4 is 16.2 Å². The number of rotatable bonds is 7. The van der Waals surface area contributed by atoms with Crippen molar-refractivity contribution in [3.05, 3.63) is 51.9 Å². The Morgan fingerprint density at radius 2 is 1.90 bits per heavy atom. The van der Waals surface area contributed by atoms with Gasteiger partial charge in [-0.1, -0.05) is 43.5 Å². The highest BCUT2D eigenvalue weighted by atomic mass is 35.5. The maximum absolute atomic E-state index is 13.0. The monoisotopic (exact) mass is 441 g/mol. The third-order valence-corrected chi connectivity index (χ3v) is 6.29. The summed E-state index contributed by atoms with van der Waals surface area (Å²) >= 11 is 6.02. The Balaban J connectivity index is 1.76. The number of nitrogens with zero attached hydrogens (tertiary/aromatic N) is 4. The first-order valence-electron chi connectivity index (χ1n) is 10.9. The van der Waals surface area contributed by atoms with Crippen molar-refractivity contribution in [2.75, 3.05) is 18.0 Å². The molecule has 3 heterocycles. The Hall–Kier alpha value is -2.80. The van der Waals surface area contributed by atoms with Crippen LogP contribution in [0.1, 0.15) is 39.0 Å². The van der Waals surface area contributed by atoms with E-state index in [0.29, 0.717) is 36.7 Å². The average Bonchev–Trinajstić information content (AvgIpc) is 3.22. The maximum atomic E-state index is 13.0. The molecule has 0 radical (unpaired) electrons. The number of hydrogen-bond acceptors (Lipinski definition) is 4. The minimum atomic E-state index is -0.240. The summed E-state index contributed by atoms with van der Waals surface area (Å²) in [6.45, 7) is 4.34. The molecule has 0 unspecified atom stereocenters. The standard InChI is InChI=1S/C23H28ClN5O2/c1-2-3-4-11-28-20(27-12-9-17(10-13-27)22(25)31)14-21(30)29-15-19(26-23(28)29)16-5-7-18(24)8-6-16/h5-8,14-15,17H,2-4,9-13H2,1H3,(H2,25,31). The highest BCUT2D eigenvalue weighted by molar-refractivity contribution is 6.30. The Morgan fingerprint density at radius 1 is 1.19 bits per heavy atom. The SMILES string of the molecule is CCCCCn1c(N2CCC(C(N)=O)CC2)cc(=O)n2cc(-c3ccc(Cl)cc3)nc12. The smallest absolute Gasteiger partial charge is 0.261 e. The number of halogens is 1. The molecule has 1 aromatic carbocycles. The van der Waals surface area contributed by atoms with E-state index in [1.807, 2.05) is 24.3 Å². The lowest BCUT2D eigenvalue weighted by Crippen LogP contribution is -2.40. The van der Waals surface area contributed by atoms with Crippen LogP contribution >= 0.6 is 11.6 Å². The molecule has 0 bridgehead atoms. The van der Waals surface area contributed by atoms with E-state index in [1.54, 1.807) is 16.7 Å². The molecule has 2 aromatic heterocycles. The van der Waals surface area contributed by atoms with E-state index < -0.39 is 0 Å². The molecule has 8 heteroatoms. The molecule has 1 aliphatic rings. The minimum Gasteiger partial charge on any atom is -0.369 e. The first-order chi connectivity index (χ1) is 15.0. The van der Waals surface area contributed by atoms with Gasteiger partial charge < -0.3 is 10.6 Å². The summed E-state index contributed by atoms with van der Waals surface area (Å²) in [5.41, 5.74) is 7.04. The van der Waals surface area contributed by atoms with Crippen molar-refractivity contribution in [1.82, 2.24) is 14.0 Å². The van der Waals surface area contributed by atoms with Gasteiger partial charge in [0, 0.05) is 48.4 Å². The van der Waals surface area contributed by atoms with E-state index in [1.165, 1.54) is 0 Å². The van der Waals surface area contributed by atoms with Crippen LogP contribution in [-0.2, 0) is 11.3 Å². The third-order valence-electron chi connectivity index (χ3n) is 6.04. The molecule has 0 aliphatic carbocycles. The number of imidazole rings is 1. The van der Waals surface area contributed by atoms with Gasteiger partial charge >= 0.3 is 0 Å². The molecule has 0 atom stereocenters. The number of aryl methyl sites for hydroxylation is 1. The van der Waals surface area contributed by atoms with Crippen molar-refractivity contribution in [2.45, 2.75) is 45.6 Å². The topological polar surface area (TPSA) is 85.6 Å². The number of piperidine rings is 1. The van der Waals surface area contributed by atoms with Crippen LogP contribution in [0.2, 0.25) is 5.02 Å². The Bertz CT molecular complexity index is 1130. The van der Waals surface area contributed by atoms with Crippen molar-refractivity contribution < 1.29 is 4.79 Å². The Kier molecular flexibility index (Phi) is 6.32. The lowest BCUT2D eigenvalue weighted by molar-refractivity contribution is -0.122. The van der Waals surface area contributed by atoms with Crippen LogP contribution in [0, 0.1) is 5.92 Å². The quantitative estimate of drug-likeness (QED) is 0.566. The number of benzene rings is 1. The fraction of sp³-hybridized carbons (Fsp3) is 0.435. The highest BCUT2D eigenvalue weighted by Gasteiger charge is 2.26. The van der Waals surface area contributed by atoms with Crippen LogP contribution in [0.5, 0.6) is 0 Å². The van der Waals surface area contributed by atoms with Gasteiger partial charge in [0.2, 0.25) is 11.7 Å². The number of unbranched alkanes of at least 4 members (excludes halogenated alkanes) is 2. The van der Waals surface area contributed by atoms with Crippen molar-refractivity contribution in [3.63, 3.8) is 0 Å². The summed E-state index contributed by atoms with van der Waals surface area (Å²) in [5.74, 6) is 1.17. The van der Waals surface area contributed by atoms with E-state index in [4.69, 9.17) is 22.3 Å². The van der Waals surface area contributed by atoms with E-state index in [2.05, 4.69) is 16.4 Å². The first kappa shape index (κ1) is 21.4. The number of nitrogens with two attached hydrogens (primary N) is 1. The van der Waals surface area contributed by atoms with Crippen LogP contribution in [0.25, 0.3) is 17.0 Å². The number of fused-ring (bicyclic) bond motifs is 1. The third kappa shape index (κ3) is 4.46. The summed E-state index contributed by atoms with van der Waals surface area (Å²) in [6.07, 6.45) is 6.41. The number of amides is 1. The van der Waals surface area contributed by atoms with Gasteiger partial charge in [0.1, 0.15) is 5.82 Å². The fourth-order valence-corrected chi connectivity index (χ4v) is 4.36. The molecule has 0 spiro atoms. The molecular weight excluding hydrogens is 414 g/mol. The van der Waals surface area contributed by atoms with Crippen molar-refractivity contribution >= 4 is 29.1 Å². The second kappa shape index (κ2) is 9.14. The summed E-state index contributed by atoms with van der Waals surface area (Å²) in [6, 6.07) is 9.15. The van der Waals surface area contributed by atoms with Gasteiger partial charge in [0.15, 0.2) is 0 Å². The number of hydrogen-bond donors (Lipinski definition) is 1. The molecule has 3 aromatic rings. The summed E-state index contributed by atoms with van der Waals surface area (Å²) in [4.78, 5) is 31.6. The maximum Gasteiger partial charge on any atom is 0.261 e. The normalized spacial score (nSPS) is 15.0. The highest BCUT2D eigenvalue weighted by Crippen LogP contribution is 2.26. The molecule has 0 saturated carbocycles. The van der Waals surface area contributed by atoms with Crippen LogP contribution in [0.4, 0.5) is 5.82 Å². The van der Waals surface area contributed by atoms with Crippen molar-refractivity contribution in [2.24, 2.45) is 11.7 Å². The van der Waals surface area contributed by atoms with Gasteiger partial charge in [-0.15, -0.1) is 0 Å². The van der Waals surface area contributed by atoms with Gasteiger partial charge in [-0.05, 0) is 31.4 Å². The summed E-state index contributed by atoms with van der Waals surface area (Å²) in [5, 5.41) is 0.660. The summed E-state index contributed by atoms with van der Waals surface area (Å²) < 4.78 is 3.76. The van der Waals surface area contributed by atoms with E-state index in [-0.39, 0.29) is 17.4 Å². The van der Waals surface area contributed by atoms with Crippen LogP contribution in [0.3, 0.4) is 0 Å². The Labute approximate surface area is 186 Å². The van der Waals surface area contributed by atoms with Crippen molar-refractivity contribution in [1.29, 1.82) is 0 Å². The van der Waals surface area contributed by atoms with Gasteiger partial charge in [0.05, 0.1) is 5.69 Å². The largest absolute Gasteiger partial charge is 0.369 e. The molecule has 164 valence electrons. The fourth-order valence-electron chi connectivity index (χ4n) is 4.23. The zero-order valence-electron chi connectivity index (χ0n) is 17.8. The zero-order valence-corrected chi connectivity index (χ0v) is 18.5. The second-order valence-corrected chi connectivity index (χ2v) is 8.60. The number of primary amides is 1. The number of carbonyl (C=O) groups excluding carboxylic acids is 1. The minimum absolute atomic E-state index is 0.0943. The van der Waals surface area contributed by atoms with Crippen LogP contribution in [-0.4, -0.2) is 32.9 Å². The molecule has 1 saturated heterocycles. The van der Waals surface area contributed by atoms with E-state index >= 15 is 0 Å². The average molecular weight is 442 g/mol. The Morgan fingerprint density at radius 3 is 2.55 bits per heavy atom. The number of aromatic nitrogens is 3. The predicted molar refractivity (Wildman–Crippen MR) is 124 cm³/mol. The van der Waals surface area contributed by atoms with E-state index in [9.17, 15) is 9.59 Å². The van der Waals surface area contributed by atoms with E-state index in [0.717, 1.165) is 42.9 Å². The first-order valence-corrected chi connectivity index (χ1v) is 11.3. The molecule has 1 aliphatic heterocycles. The van der Waals surface area contributed by atoms with Crippen LogP contribution in [0.15, 0.2) is 41.3 Å².